The molecule has 0 saturated carbocycles. The van der Waals surface area contributed by atoms with Gasteiger partial charge in [-0.2, -0.15) is 0 Å². The Morgan fingerprint density at radius 1 is 1.12 bits per heavy atom. The zero-order chi connectivity index (χ0) is 17.8. The van der Waals surface area contributed by atoms with Gasteiger partial charge in [0.25, 0.3) is 0 Å². The molecule has 0 bridgehead atoms. The van der Waals surface area contributed by atoms with Gasteiger partial charge in [-0.1, -0.05) is 6.07 Å². The van der Waals surface area contributed by atoms with Crippen molar-refractivity contribution in [1.82, 2.24) is 15.0 Å². The molecule has 0 amide bonds. The minimum absolute atomic E-state index is 0.420. The lowest BCUT2D eigenvalue weighted by molar-refractivity contribution is 0.184. The second kappa shape index (κ2) is 7.93. The third-order valence-corrected chi connectivity index (χ3v) is 5.46. The quantitative estimate of drug-likeness (QED) is 0.653. The van der Waals surface area contributed by atoms with E-state index in [1.54, 1.807) is 24.6 Å². The summed E-state index contributed by atoms with van der Waals surface area (Å²) < 4.78 is 11.2. The number of fused-ring (bicyclic) bond motifs is 1. The number of aryl methyl sites for hydroxylation is 1. The van der Waals surface area contributed by atoms with Gasteiger partial charge in [-0.25, -0.2) is 9.97 Å². The van der Waals surface area contributed by atoms with Crippen molar-refractivity contribution in [1.29, 1.82) is 0 Å². The van der Waals surface area contributed by atoms with E-state index in [9.17, 15) is 0 Å². The van der Waals surface area contributed by atoms with Crippen molar-refractivity contribution in [2.45, 2.75) is 38.9 Å². The molecule has 26 heavy (non-hydrogen) atoms. The molecule has 1 aliphatic rings. The molecule has 1 aliphatic carbocycles. The molecule has 0 N–H and O–H groups in total. The number of rotatable bonds is 6. The predicted octanol–water partition coefficient (Wildman–Crippen LogP) is 4.20. The molecular weight excluding hydrogens is 346 g/mol. The van der Waals surface area contributed by atoms with E-state index < -0.39 is 0 Å². The summed E-state index contributed by atoms with van der Waals surface area (Å²) >= 11 is 1.67. The maximum absolute atomic E-state index is 5.96. The van der Waals surface area contributed by atoms with E-state index in [1.807, 2.05) is 24.4 Å². The van der Waals surface area contributed by atoms with Crippen LogP contribution in [0.1, 0.15) is 34.8 Å². The van der Waals surface area contributed by atoms with Gasteiger partial charge in [0.15, 0.2) is 0 Å². The highest BCUT2D eigenvalue weighted by Gasteiger charge is 2.19. The van der Waals surface area contributed by atoms with E-state index in [-0.39, 0.29) is 0 Å². The van der Waals surface area contributed by atoms with Gasteiger partial charge in [0.1, 0.15) is 11.6 Å². The van der Waals surface area contributed by atoms with Gasteiger partial charge in [0.2, 0.25) is 5.88 Å². The molecule has 0 spiro atoms. The summed E-state index contributed by atoms with van der Waals surface area (Å²) in [5.41, 5.74) is 4.60. The third kappa shape index (κ3) is 3.76. The van der Waals surface area contributed by atoms with Gasteiger partial charge in [-0.15, -0.1) is 11.3 Å². The molecule has 6 heteroatoms. The number of nitrogens with zero attached hydrogens (tertiary/aromatic N) is 3. The van der Waals surface area contributed by atoms with Crippen LogP contribution in [-0.4, -0.2) is 22.1 Å². The van der Waals surface area contributed by atoms with Crippen LogP contribution in [0.2, 0.25) is 0 Å². The largest absolute Gasteiger partial charge is 0.471 e. The van der Waals surface area contributed by atoms with Crippen molar-refractivity contribution in [2.24, 2.45) is 0 Å². The Morgan fingerprint density at radius 2 is 2.04 bits per heavy atom. The molecular formula is C20H21N3O2S. The van der Waals surface area contributed by atoms with Crippen LogP contribution >= 0.6 is 11.3 Å². The Balaban J connectivity index is 1.65. The highest BCUT2D eigenvalue weighted by atomic mass is 32.1. The van der Waals surface area contributed by atoms with E-state index in [4.69, 9.17) is 14.5 Å². The lowest BCUT2D eigenvalue weighted by atomic mass is 9.92. The Bertz CT molecular complexity index is 880. The van der Waals surface area contributed by atoms with E-state index >= 15 is 0 Å². The average Bonchev–Trinajstić information content (AvgIpc) is 3.15. The minimum atomic E-state index is 0.420. The summed E-state index contributed by atoms with van der Waals surface area (Å²) in [6, 6.07) is 7.88. The second-order valence-corrected chi connectivity index (χ2v) is 7.42. The fraction of sp³-hybridized carbons (Fsp3) is 0.350. The number of hydrogen-bond acceptors (Lipinski definition) is 6. The fourth-order valence-corrected chi connectivity index (χ4v) is 4.16. The Morgan fingerprint density at radius 3 is 2.88 bits per heavy atom. The van der Waals surface area contributed by atoms with Crippen molar-refractivity contribution in [3.8, 4) is 16.3 Å². The molecule has 0 aliphatic heterocycles. The van der Waals surface area contributed by atoms with E-state index in [1.165, 1.54) is 24.0 Å². The van der Waals surface area contributed by atoms with Crippen LogP contribution in [-0.2, 0) is 30.8 Å². The smallest absolute Gasteiger partial charge is 0.214 e. The fourth-order valence-electron chi connectivity index (χ4n) is 3.23. The van der Waals surface area contributed by atoms with Crippen LogP contribution in [0.4, 0.5) is 0 Å². The first-order valence-electron chi connectivity index (χ1n) is 8.83. The monoisotopic (exact) mass is 367 g/mol. The number of ether oxygens (including phenoxy) is 2. The van der Waals surface area contributed by atoms with E-state index in [0.29, 0.717) is 19.1 Å². The predicted molar refractivity (Wildman–Crippen MR) is 101 cm³/mol. The van der Waals surface area contributed by atoms with Gasteiger partial charge >= 0.3 is 0 Å². The molecule has 0 atom stereocenters. The maximum atomic E-state index is 5.96. The highest BCUT2D eigenvalue weighted by molar-refractivity contribution is 7.15. The van der Waals surface area contributed by atoms with Crippen molar-refractivity contribution >= 4 is 11.3 Å². The number of aromatic nitrogens is 3. The molecule has 3 heterocycles. The zero-order valence-corrected chi connectivity index (χ0v) is 15.6. The molecule has 3 aromatic rings. The Kier molecular flexibility index (Phi) is 5.22. The Labute approximate surface area is 157 Å². The molecule has 3 aromatic heterocycles. The van der Waals surface area contributed by atoms with Gasteiger partial charge in [0, 0.05) is 36.8 Å². The second-order valence-electron chi connectivity index (χ2n) is 6.30. The summed E-state index contributed by atoms with van der Waals surface area (Å²) in [5.74, 6) is 0.660. The highest BCUT2D eigenvalue weighted by Crippen LogP contribution is 2.36. The lowest BCUT2D eigenvalue weighted by Crippen LogP contribution is -2.09. The molecule has 5 nitrogen and oxygen atoms in total. The average molecular weight is 367 g/mol. The van der Waals surface area contributed by atoms with E-state index in [2.05, 4.69) is 16.0 Å². The number of hydrogen-bond donors (Lipinski definition) is 0. The van der Waals surface area contributed by atoms with Crippen LogP contribution in [0.3, 0.4) is 0 Å². The van der Waals surface area contributed by atoms with Gasteiger partial charge in [-0.3, -0.25) is 4.98 Å². The first-order chi connectivity index (χ1) is 12.8. The topological polar surface area (TPSA) is 57.1 Å². The van der Waals surface area contributed by atoms with E-state index in [0.717, 1.165) is 34.1 Å². The van der Waals surface area contributed by atoms with Crippen LogP contribution in [0.25, 0.3) is 10.4 Å². The first kappa shape index (κ1) is 17.1. The summed E-state index contributed by atoms with van der Waals surface area (Å²) in [7, 11) is 1.69. The number of thiazole rings is 1. The molecule has 0 fully saturated rings. The van der Waals surface area contributed by atoms with Crippen molar-refractivity contribution in [3.05, 3.63) is 58.6 Å². The summed E-state index contributed by atoms with van der Waals surface area (Å²) in [6.45, 7) is 0.963. The minimum Gasteiger partial charge on any atom is -0.471 e. The van der Waals surface area contributed by atoms with Crippen molar-refractivity contribution in [2.75, 3.05) is 7.11 Å². The molecule has 4 rings (SSSR count). The van der Waals surface area contributed by atoms with Crippen molar-refractivity contribution < 1.29 is 9.47 Å². The van der Waals surface area contributed by atoms with Crippen LogP contribution in [0, 0.1) is 0 Å². The Hall–Kier alpha value is -2.31. The van der Waals surface area contributed by atoms with Crippen LogP contribution in [0.5, 0.6) is 5.88 Å². The van der Waals surface area contributed by atoms with Crippen LogP contribution < -0.4 is 4.74 Å². The molecule has 0 unspecified atom stereocenters. The molecule has 0 aromatic carbocycles. The lowest BCUT2D eigenvalue weighted by Gasteiger charge is -2.19. The maximum Gasteiger partial charge on any atom is 0.214 e. The summed E-state index contributed by atoms with van der Waals surface area (Å²) in [6.07, 6.45) is 8.17. The van der Waals surface area contributed by atoms with Crippen molar-refractivity contribution in [3.63, 3.8) is 0 Å². The van der Waals surface area contributed by atoms with Gasteiger partial charge in [0.05, 0.1) is 17.2 Å². The van der Waals surface area contributed by atoms with Gasteiger partial charge in [-0.05, 0) is 43.4 Å². The molecule has 134 valence electrons. The summed E-state index contributed by atoms with van der Waals surface area (Å²) in [5, 5.41) is 0.986. The standard InChI is InChI=1S/C20H21N3O2S/c1-24-13-20-22-11-18(26-20)16-10-19(23-17-8-3-2-7-15(16)17)25-12-14-6-4-5-9-21-14/h4-6,9-11H,2-3,7-8,12-13H2,1H3. The normalized spacial score (nSPS) is 13.4. The third-order valence-electron chi connectivity index (χ3n) is 4.46. The molecule has 0 saturated heterocycles. The number of methoxy groups -OCH3 is 1. The van der Waals surface area contributed by atoms with Crippen LogP contribution in [0.15, 0.2) is 36.7 Å². The number of pyridine rings is 2. The summed E-state index contributed by atoms with van der Waals surface area (Å²) in [4.78, 5) is 14.7. The van der Waals surface area contributed by atoms with Gasteiger partial charge < -0.3 is 9.47 Å². The SMILES string of the molecule is COCc1ncc(-c2cc(OCc3ccccn3)nc3c2CCCC3)s1. The first-order valence-corrected chi connectivity index (χ1v) is 9.64. The molecule has 0 radical (unpaired) electrons. The zero-order valence-electron chi connectivity index (χ0n) is 14.8.